The van der Waals surface area contributed by atoms with Crippen molar-refractivity contribution in [3.05, 3.63) is 52.7 Å². The van der Waals surface area contributed by atoms with Crippen LogP contribution < -0.4 is 4.90 Å². The number of rotatable bonds is 3. The first-order valence-corrected chi connectivity index (χ1v) is 7.32. The number of piperazine rings is 1. The summed E-state index contributed by atoms with van der Waals surface area (Å²) >= 11 is 1.48. The fourth-order valence-corrected chi connectivity index (χ4v) is 2.96. The van der Waals surface area contributed by atoms with Crippen molar-refractivity contribution in [2.75, 3.05) is 18.0 Å². The van der Waals surface area contributed by atoms with Gasteiger partial charge >= 0.3 is 0 Å². The van der Waals surface area contributed by atoms with E-state index in [2.05, 4.69) is 0 Å². The van der Waals surface area contributed by atoms with E-state index in [1.165, 1.54) is 16.2 Å². The van der Waals surface area contributed by atoms with Gasteiger partial charge in [0, 0.05) is 11.9 Å². The predicted molar refractivity (Wildman–Crippen MR) is 78.5 cm³/mol. The van der Waals surface area contributed by atoms with Gasteiger partial charge in [0.1, 0.15) is 0 Å². The Morgan fingerprint density at radius 1 is 1.00 bits per heavy atom. The summed E-state index contributed by atoms with van der Waals surface area (Å²) in [5.74, 6) is -0.314. The summed E-state index contributed by atoms with van der Waals surface area (Å²) in [5.41, 5.74) is 1.79. The number of imide groups is 1. The molecule has 0 radical (unpaired) electrons. The van der Waals surface area contributed by atoms with E-state index >= 15 is 0 Å². The van der Waals surface area contributed by atoms with Crippen LogP contribution in [0.1, 0.15) is 5.56 Å². The van der Waals surface area contributed by atoms with Crippen molar-refractivity contribution in [2.45, 2.75) is 6.54 Å². The second-order valence-corrected chi connectivity index (χ2v) is 5.52. The van der Waals surface area contributed by atoms with Gasteiger partial charge in [-0.1, -0.05) is 30.3 Å². The van der Waals surface area contributed by atoms with Crippen LogP contribution in [0.2, 0.25) is 0 Å². The van der Waals surface area contributed by atoms with Crippen molar-refractivity contribution in [3.63, 3.8) is 0 Å². The molecule has 0 unspecified atom stereocenters. The minimum absolute atomic E-state index is 0.157. The summed E-state index contributed by atoms with van der Waals surface area (Å²) in [6.07, 6.45) is 0. The van der Waals surface area contributed by atoms with Crippen molar-refractivity contribution in [3.8, 4) is 0 Å². The molecular weight excluding hydrogens is 272 g/mol. The van der Waals surface area contributed by atoms with Crippen LogP contribution in [0, 0.1) is 0 Å². The molecule has 4 nitrogen and oxygen atoms in total. The zero-order valence-corrected chi connectivity index (χ0v) is 11.7. The maximum absolute atomic E-state index is 12.2. The normalized spacial score (nSPS) is 16.7. The molecular formula is C15H14N2O2S. The summed E-state index contributed by atoms with van der Waals surface area (Å²) in [6, 6.07) is 11.7. The first-order valence-electron chi connectivity index (χ1n) is 6.38. The molecule has 0 saturated carbocycles. The summed E-state index contributed by atoms with van der Waals surface area (Å²) in [7, 11) is 0. The lowest BCUT2D eigenvalue weighted by Gasteiger charge is -2.32. The van der Waals surface area contributed by atoms with Crippen LogP contribution in [-0.2, 0) is 16.1 Å². The van der Waals surface area contributed by atoms with Gasteiger partial charge < -0.3 is 0 Å². The van der Waals surface area contributed by atoms with Gasteiger partial charge in [-0.15, -0.1) is 0 Å². The number of benzene rings is 1. The van der Waals surface area contributed by atoms with E-state index in [0.717, 1.165) is 5.56 Å². The second kappa shape index (κ2) is 5.56. The van der Waals surface area contributed by atoms with Crippen molar-refractivity contribution in [2.24, 2.45) is 0 Å². The number of hydrogen-bond acceptors (Lipinski definition) is 4. The highest BCUT2D eigenvalue weighted by Crippen LogP contribution is 2.21. The monoisotopic (exact) mass is 286 g/mol. The predicted octanol–water partition coefficient (Wildman–Crippen LogP) is 2.12. The van der Waals surface area contributed by atoms with Crippen LogP contribution in [0.5, 0.6) is 0 Å². The zero-order chi connectivity index (χ0) is 13.9. The highest BCUT2D eigenvalue weighted by molar-refractivity contribution is 7.08. The molecule has 1 aliphatic rings. The van der Waals surface area contributed by atoms with Crippen molar-refractivity contribution >= 4 is 28.8 Å². The van der Waals surface area contributed by atoms with Crippen molar-refractivity contribution < 1.29 is 9.59 Å². The standard InChI is InChI=1S/C15H14N2O2S/c18-14-9-16(8-12-4-2-1-3-5-12)10-15(19)17(14)13-6-7-20-11-13/h1-7,11H,8-10H2. The summed E-state index contributed by atoms with van der Waals surface area (Å²) in [4.78, 5) is 27.5. The Morgan fingerprint density at radius 3 is 2.30 bits per heavy atom. The third kappa shape index (κ3) is 2.64. The lowest BCUT2D eigenvalue weighted by molar-refractivity contribution is -0.132. The Balaban J connectivity index is 1.72. The second-order valence-electron chi connectivity index (χ2n) is 4.74. The van der Waals surface area contributed by atoms with E-state index in [4.69, 9.17) is 0 Å². The third-order valence-corrected chi connectivity index (χ3v) is 3.90. The molecule has 0 aliphatic carbocycles. The highest BCUT2D eigenvalue weighted by Gasteiger charge is 2.32. The van der Waals surface area contributed by atoms with Crippen LogP contribution in [0.3, 0.4) is 0 Å². The van der Waals surface area contributed by atoms with Crippen LogP contribution in [-0.4, -0.2) is 29.8 Å². The van der Waals surface area contributed by atoms with Gasteiger partial charge in [0.25, 0.3) is 0 Å². The van der Waals surface area contributed by atoms with Crippen LogP contribution in [0.25, 0.3) is 0 Å². The molecule has 1 aromatic carbocycles. The molecule has 0 spiro atoms. The smallest absolute Gasteiger partial charge is 0.248 e. The number of thiophene rings is 1. The molecule has 0 N–H and O–H groups in total. The number of nitrogens with zero attached hydrogens (tertiary/aromatic N) is 2. The van der Waals surface area contributed by atoms with Gasteiger partial charge in [0.15, 0.2) is 0 Å². The first-order chi connectivity index (χ1) is 9.74. The number of carbonyl (C=O) groups is 2. The van der Waals surface area contributed by atoms with Gasteiger partial charge in [-0.25, -0.2) is 4.90 Å². The molecule has 20 heavy (non-hydrogen) atoms. The average Bonchev–Trinajstić information content (AvgIpc) is 2.93. The van der Waals surface area contributed by atoms with Gasteiger partial charge in [0.2, 0.25) is 11.8 Å². The van der Waals surface area contributed by atoms with Gasteiger partial charge in [-0.05, 0) is 17.0 Å². The SMILES string of the molecule is O=C1CN(Cc2ccccc2)CC(=O)N1c1ccsc1. The molecule has 2 amide bonds. The number of amides is 2. The van der Waals surface area contributed by atoms with E-state index in [-0.39, 0.29) is 24.9 Å². The van der Waals surface area contributed by atoms with Gasteiger partial charge in [-0.2, -0.15) is 11.3 Å². The van der Waals surface area contributed by atoms with E-state index in [1.54, 1.807) is 6.07 Å². The molecule has 5 heteroatoms. The summed E-state index contributed by atoms with van der Waals surface area (Å²) in [5, 5.41) is 3.69. The zero-order valence-electron chi connectivity index (χ0n) is 10.9. The summed E-state index contributed by atoms with van der Waals surface area (Å²) in [6.45, 7) is 1.17. The van der Waals surface area contributed by atoms with Crippen molar-refractivity contribution in [1.82, 2.24) is 4.90 Å². The quantitative estimate of drug-likeness (QED) is 0.812. The average molecular weight is 286 g/mol. The Morgan fingerprint density at radius 2 is 1.70 bits per heavy atom. The molecule has 0 atom stereocenters. The molecule has 2 heterocycles. The van der Waals surface area contributed by atoms with E-state index in [0.29, 0.717) is 12.2 Å². The van der Waals surface area contributed by atoms with Crippen molar-refractivity contribution in [1.29, 1.82) is 0 Å². The molecule has 1 saturated heterocycles. The molecule has 1 aliphatic heterocycles. The Bertz CT molecular complexity index is 592. The minimum atomic E-state index is -0.157. The first kappa shape index (κ1) is 13.0. The van der Waals surface area contributed by atoms with E-state index in [1.807, 2.05) is 46.0 Å². The lowest BCUT2D eigenvalue weighted by atomic mass is 10.2. The maximum atomic E-state index is 12.2. The topological polar surface area (TPSA) is 40.6 Å². The third-order valence-electron chi connectivity index (χ3n) is 3.23. The fraction of sp³-hybridized carbons (Fsp3) is 0.200. The maximum Gasteiger partial charge on any atom is 0.248 e. The Labute approximate surface area is 121 Å². The van der Waals surface area contributed by atoms with Crippen LogP contribution in [0.15, 0.2) is 47.2 Å². The largest absolute Gasteiger partial charge is 0.281 e. The molecule has 102 valence electrons. The van der Waals surface area contributed by atoms with Crippen LogP contribution >= 0.6 is 11.3 Å². The lowest BCUT2D eigenvalue weighted by Crippen LogP contribution is -2.53. The van der Waals surface area contributed by atoms with Gasteiger partial charge in [0.05, 0.1) is 18.8 Å². The number of anilines is 1. The van der Waals surface area contributed by atoms with E-state index < -0.39 is 0 Å². The fourth-order valence-electron chi connectivity index (χ4n) is 2.34. The molecule has 3 rings (SSSR count). The minimum Gasteiger partial charge on any atom is -0.281 e. The Hall–Kier alpha value is -1.98. The summed E-state index contributed by atoms with van der Waals surface area (Å²) < 4.78 is 0. The van der Waals surface area contributed by atoms with Crippen LogP contribution in [0.4, 0.5) is 5.69 Å². The Kier molecular flexibility index (Phi) is 3.62. The van der Waals surface area contributed by atoms with Gasteiger partial charge in [-0.3, -0.25) is 14.5 Å². The molecule has 1 fully saturated rings. The highest BCUT2D eigenvalue weighted by atomic mass is 32.1. The number of hydrogen-bond donors (Lipinski definition) is 0. The van der Waals surface area contributed by atoms with E-state index in [9.17, 15) is 9.59 Å². The molecule has 1 aromatic heterocycles. The number of carbonyl (C=O) groups excluding carboxylic acids is 2. The molecule has 2 aromatic rings. The molecule has 0 bridgehead atoms.